The fourth-order valence-corrected chi connectivity index (χ4v) is 3.67. The molecular weight excluding hydrogens is 362 g/mol. The quantitative estimate of drug-likeness (QED) is 0.716. The number of nitrogens with zero attached hydrogens (tertiary/aromatic N) is 6. The zero-order chi connectivity index (χ0) is 20.4. The average Bonchev–Trinajstić information content (AvgIpc) is 3.24. The molecule has 0 saturated carbocycles. The minimum Gasteiger partial charge on any atom is -0.341 e. The van der Waals surface area contributed by atoms with Crippen molar-refractivity contribution in [3.05, 3.63) is 54.0 Å². The first kappa shape index (κ1) is 19.4. The number of rotatable bonds is 4. The molecule has 1 aliphatic rings. The van der Waals surface area contributed by atoms with Gasteiger partial charge in [0.15, 0.2) is 0 Å². The monoisotopic (exact) mass is 391 g/mol. The van der Waals surface area contributed by atoms with Crippen LogP contribution in [0.4, 0.5) is 17.5 Å². The van der Waals surface area contributed by atoms with Gasteiger partial charge < -0.3 is 10.2 Å². The number of aromatic nitrogens is 5. The number of hydrogen-bond donors (Lipinski definition) is 1. The van der Waals surface area contributed by atoms with Gasteiger partial charge in [0.25, 0.3) is 0 Å². The summed E-state index contributed by atoms with van der Waals surface area (Å²) in [5.41, 5.74) is 3.70. The average molecular weight is 392 g/mol. The van der Waals surface area contributed by atoms with Gasteiger partial charge in [0.1, 0.15) is 5.82 Å². The Morgan fingerprint density at radius 1 is 1.07 bits per heavy atom. The van der Waals surface area contributed by atoms with E-state index < -0.39 is 0 Å². The van der Waals surface area contributed by atoms with Gasteiger partial charge >= 0.3 is 0 Å². The van der Waals surface area contributed by atoms with E-state index in [2.05, 4.69) is 71.4 Å². The summed E-state index contributed by atoms with van der Waals surface area (Å²) in [5.74, 6) is 1.60. The third-order valence-corrected chi connectivity index (χ3v) is 5.57. The molecule has 2 aromatic heterocycles. The van der Waals surface area contributed by atoms with Gasteiger partial charge in [-0.05, 0) is 48.4 Å². The number of aryl methyl sites for hydroxylation is 1. The highest BCUT2D eigenvalue weighted by atomic mass is 15.4. The van der Waals surface area contributed by atoms with Crippen LogP contribution in [0.3, 0.4) is 0 Å². The zero-order valence-corrected chi connectivity index (χ0v) is 17.6. The van der Waals surface area contributed by atoms with Crippen molar-refractivity contribution >= 4 is 17.5 Å². The van der Waals surface area contributed by atoms with E-state index in [0.717, 1.165) is 43.4 Å². The molecule has 1 N–H and O–H groups in total. The summed E-state index contributed by atoms with van der Waals surface area (Å²) in [6, 6.07) is 8.92. The summed E-state index contributed by atoms with van der Waals surface area (Å²) in [4.78, 5) is 11.5. The van der Waals surface area contributed by atoms with E-state index >= 15 is 0 Å². The van der Waals surface area contributed by atoms with Gasteiger partial charge in [-0.3, -0.25) is 0 Å². The third-order valence-electron chi connectivity index (χ3n) is 5.57. The molecule has 1 aromatic carbocycles. The third kappa shape index (κ3) is 4.39. The van der Waals surface area contributed by atoms with Gasteiger partial charge in [0, 0.05) is 31.2 Å². The van der Waals surface area contributed by atoms with Gasteiger partial charge in [-0.1, -0.05) is 38.1 Å². The summed E-state index contributed by atoms with van der Waals surface area (Å²) in [6.07, 6.45) is 7.53. The van der Waals surface area contributed by atoms with Crippen molar-refractivity contribution in [2.24, 2.45) is 0 Å². The predicted molar refractivity (Wildman–Crippen MR) is 116 cm³/mol. The van der Waals surface area contributed by atoms with Gasteiger partial charge in [-0.2, -0.15) is 4.98 Å². The molecule has 3 heterocycles. The van der Waals surface area contributed by atoms with Crippen LogP contribution in [0.15, 0.2) is 42.9 Å². The Hall–Kier alpha value is -2.96. The molecule has 1 fully saturated rings. The molecule has 7 nitrogen and oxygen atoms in total. The second-order valence-electron chi connectivity index (χ2n) is 8.75. The van der Waals surface area contributed by atoms with Crippen molar-refractivity contribution in [3.8, 4) is 0 Å². The van der Waals surface area contributed by atoms with E-state index in [1.165, 1.54) is 11.1 Å². The molecule has 0 unspecified atom stereocenters. The lowest BCUT2D eigenvalue weighted by molar-refractivity contribution is 0.358. The second-order valence-corrected chi connectivity index (χ2v) is 8.75. The molecule has 3 aromatic rings. The Labute approximate surface area is 172 Å². The minimum atomic E-state index is 0.107. The van der Waals surface area contributed by atoms with Gasteiger partial charge in [0.2, 0.25) is 5.95 Å². The van der Waals surface area contributed by atoms with Crippen molar-refractivity contribution < 1.29 is 0 Å². The minimum absolute atomic E-state index is 0.107. The Balaban J connectivity index is 1.47. The van der Waals surface area contributed by atoms with Crippen molar-refractivity contribution in [1.29, 1.82) is 0 Å². The highest BCUT2D eigenvalue weighted by Gasteiger charge is 2.23. The standard InChI is InChI=1S/C22H29N7/c1-16-5-6-17(22(2,3)4)15-19(16)25-20-7-10-23-21(26-20)28-12-8-18(9-13-28)29-14-11-24-27-29/h5-7,10-11,14-15,18H,8-9,12-13H2,1-4H3,(H,23,25,26). The smallest absolute Gasteiger partial charge is 0.227 e. The number of hydrogen-bond acceptors (Lipinski definition) is 6. The Morgan fingerprint density at radius 3 is 2.55 bits per heavy atom. The van der Waals surface area contributed by atoms with Crippen molar-refractivity contribution in [2.75, 3.05) is 23.3 Å². The van der Waals surface area contributed by atoms with Crippen LogP contribution in [0.25, 0.3) is 0 Å². The van der Waals surface area contributed by atoms with Crippen LogP contribution in [0.2, 0.25) is 0 Å². The highest BCUT2D eigenvalue weighted by molar-refractivity contribution is 5.62. The van der Waals surface area contributed by atoms with Crippen molar-refractivity contribution in [1.82, 2.24) is 25.0 Å². The lowest BCUT2D eigenvalue weighted by Gasteiger charge is -2.31. The summed E-state index contributed by atoms with van der Waals surface area (Å²) in [5, 5.41) is 11.6. The van der Waals surface area contributed by atoms with Gasteiger partial charge in [0.05, 0.1) is 12.2 Å². The van der Waals surface area contributed by atoms with Gasteiger partial charge in [-0.25, -0.2) is 9.67 Å². The molecular formula is C22H29N7. The van der Waals surface area contributed by atoms with E-state index in [1.54, 1.807) is 6.20 Å². The lowest BCUT2D eigenvalue weighted by atomic mass is 9.86. The number of benzene rings is 1. The van der Waals surface area contributed by atoms with Crippen LogP contribution in [-0.2, 0) is 5.41 Å². The van der Waals surface area contributed by atoms with E-state index in [4.69, 9.17) is 4.98 Å². The topological polar surface area (TPSA) is 71.8 Å². The molecule has 1 aliphatic heterocycles. The van der Waals surface area contributed by atoms with E-state index in [0.29, 0.717) is 6.04 Å². The Bertz CT molecular complexity index is 952. The van der Waals surface area contributed by atoms with Crippen molar-refractivity contribution in [3.63, 3.8) is 0 Å². The molecule has 0 atom stereocenters. The fourth-order valence-electron chi connectivity index (χ4n) is 3.67. The molecule has 4 rings (SSSR count). The number of nitrogens with one attached hydrogen (secondary N) is 1. The summed E-state index contributed by atoms with van der Waals surface area (Å²) in [7, 11) is 0. The largest absolute Gasteiger partial charge is 0.341 e. The van der Waals surface area contributed by atoms with E-state index in [9.17, 15) is 0 Å². The first-order chi connectivity index (χ1) is 13.9. The molecule has 7 heteroatoms. The zero-order valence-electron chi connectivity index (χ0n) is 17.6. The van der Waals surface area contributed by atoms with Crippen LogP contribution < -0.4 is 10.2 Å². The molecule has 0 spiro atoms. The highest BCUT2D eigenvalue weighted by Crippen LogP contribution is 2.29. The van der Waals surface area contributed by atoms with Crippen LogP contribution in [-0.4, -0.2) is 38.1 Å². The normalized spacial score (nSPS) is 15.5. The molecule has 0 radical (unpaired) electrons. The summed E-state index contributed by atoms with van der Waals surface area (Å²) >= 11 is 0. The summed E-state index contributed by atoms with van der Waals surface area (Å²) in [6.45, 7) is 10.6. The molecule has 0 aliphatic carbocycles. The molecule has 29 heavy (non-hydrogen) atoms. The molecule has 152 valence electrons. The predicted octanol–water partition coefficient (Wildman–Crippen LogP) is 4.26. The molecule has 1 saturated heterocycles. The van der Waals surface area contributed by atoms with Crippen molar-refractivity contribution in [2.45, 2.75) is 52.0 Å². The number of anilines is 3. The van der Waals surface area contributed by atoms with Crippen LogP contribution in [0, 0.1) is 6.92 Å². The maximum Gasteiger partial charge on any atom is 0.227 e. The molecule has 0 amide bonds. The van der Waals surface area contributed by atoms with Crippen LogP contribution >= 0.6 is 0 Å². The van der Waals surface area contributed by atoms with E-state index in [1.807, 2.05) is 23.1 Å². The number of piperidine rings is 1. The lowest BCUT2D eigenvalue weighted by Crippen LogP contribution is -2.36. The van der Waals surface area contributed by atoms with Crippen LogP contribution in [0.5, 0.6) is 0 Å². The van der Waals surface area contributed by atoms with Gasteiger partial charge in [-0.15, -0.1) is 5.10 Å². The summed E-state index contributed by atoms with van der Waals surface area (Å²) < 4.78 is 1.96. The Kier molecular flexibility index (Phi) is 5.22. The Morgan fingerprint density at radius 2 is 1.86 bits per heavy atom. The second kappa shape index (κ2) is 7.81. The first-order valence-electron chi connectivity index (χ1n) is 10.2. The first-order valence-corrected chi connectivity index (χ1v) is 10.2. The SMILES string of the molecule is Cc1ccc(C(C)(C)C)cc1Nc1ccnc(N2CCC(n3ccnn3)CC2)n1. The maximum atomic E-state index is 4.78. The van der Waals surface area contributed by atoms with E-state index in [-0.39, 0.29) is 5.41 Å². The fraction of sp³-hybridized carbons (Fsp3) is 0.455. The molecule has 0 bridgehead atoms. The maximum absolute atomic E-state index is 4.78. The van der Waals surface area contributed by atoms with Crippen LogP contribution in [0.1, 0.15) is 50.8 Å².